The molecule has 0 amide bonds. The first-order valence-corrected chi connectivity index (χ1v) is 5.74. The zero-order valence-corrected chi connectivity index (χ0v) is 9.83. The summed E-state index contributed by atoms with van der Waals surface area (Å²) in [4.78, 5) is 3.97. The van der Waals surface area contributed by atoms with E-state index in [1.165, 1.54) is 19.3 Å². The molecule has 1 aromatic rings. The number of nitrogens with zero attached hydrogens (tertiary/aromatic N) is 2. The van der Waals surface area contributed by atoms with Crippen LogP contribution < -0.4 is 5.32 Å². The second kappa shape index (κ2) is 4.13. The van der Waals surface area contributed by atoms with Crippen molar-refractivity contribution >= 4 is 5.69 Å². The van der Waals surface area contributed by atoms with Crippen molar-refractivity contribution in [3.63, 3.8) is 0 Å². The number of hydrogen-bond donors (Lipinski definition) is 1. The lowest BCUT2D eigenvalue weighted by Crippen LogP contribution is -2.30. The van der Waals surface area contributed by atoms with Crippen LogP contribution in [0.25, 0.3) is 0 Å². The van der Waals surface area contributed by atoms with Crippen LogP contribution in [-0.2, 0) is 0 Å². The van der Waals surface area contributed by atoms with Gasteiger partial charge in [0.1, 0.15) is 11.8 Å². The predicted octanol–water partition coefficient (Wildman–Crippen LogP) is 2.94. The van der Waals surface area contributed by atoms with Crippen molar-refractivity contribution in [3.05, 3.63) is 24.0 Å². The molecule has 84 valence electrons. The van der Waals surface area contributed by atoms with Gasteiger partial charge in [0, 0.05) is 17.9 Å². The Kier molecular flexibility index (Phi) is 2.82. The number of anilines is 1. The van der Waals surface area contributed by atoms with E-state index >= 15 is 0 Å². The summed E-state index contributed by atoms with van der Waals surface area (Å²) < 4.78 is 0. The fourth-order valence-electron chi connectivity index (χ4n) is 2.38. The number of aromatic nitrogens is 1. The van der Waals surface area contributed by atoms with Crippen molar-refractivity contribution in [2.75, 3.05) is 5.32 Å². The third kappa shape index (κ3) is 2.16. The molecule has 3 heteroatoms. The molecule has 16 heavy (non-hydrogen) atoms. The first-order chi connectivity index (χ1) is 7.62. The van der Waals surface area contributed by atoms with Gasteiger partial charge >= 0.3 is 0 Å². The quantitative estimate of drug-likeness (QED) is 0.825. The summed E-state index contributed by atoms with van der Waals surface area (Å²) in [5.74, 6) is 0. The maximum atomic E-state index is 8.79. The molecular formula is C13H17N3. The van der Waals surface area contributed by atoms with Crippen molar-refractivity contribution in [2.24, 2.45) is 5.41 Å². The molecule has 1 aliphatic carbocycles. The maximum Gasteiger partial charge on any atom is 0.142 e. The Hall–Kier alpha value is -1.56. The fraction of sp³-hybridized carbons (Fsp3) is 0.538. The Morgan fingerprint density at radius 2 is 2.38 bits per heavy atom. The zero-order chi connectivity index (χ0) is 11.6. The Morgan fingerprint density at radius 3 is 3.00 bits per heavy atom. The van der Waals surface area contributed by atoms with Gasteiger partial charge in [0.15, 0.2) is 0 Å². The van der Waals surface area contributed by atoms with Crippen LogP contribution >= 0.6 is 0 Å². The molecule has 1 atom stereocenters. The van der Waals surface area contributed by atoms with Gasteiger partial charge in [0.05, 0.1) is 0 Å². The maximum absolute atomic E-state index is 8.79. The Morgan fingerprint density at radius 1 is 1.56 bits per heavy atom. The van der Waals surface area contributed by atoms with Crippen LogP contribution in [0, 0.1) is 16.7 Å². The second-order valence-corrected chi connectivity index (χ2v) is 5.12. The Bertz CT molecular complexity index is 417. The van der Waals surface area contributed by atoms with Crippen LogP contribution in [-0.4, -0.2) is 11.0 Å². The number of nitrogens with one attached hydrogen (secondary N) is 1. The first kappa shape index (κ1) is 10.9. The van der Waals surface area contributed by atoms with E-state index in [9.17, 15) is 0 Å². The van der Waals surface area contributed by atoms with Crippen molar-refractivity contribution < 1.29 is 0 Å². The van der Waals surface area contributed by atoms with E-state index in [0.29, 0.717) is 17.2 Å². The second-order valence-electron chi connectivity index (χ2n) is 5.12. The summed E-state index contributed by atoms with van der Waals surface area (Å²) in [6, 6.07) is 6.30. The molecule has 0 aliphatic heterocycles. The van der Waals surface area contributed by atoms with Gasteiger partial charge in [-0.1, -0.05) is 20.3 Å². The van der Waals surface area contributed by atoms with Gasteiger partial charge in [-0.05, 0) is 30.4 Å². The van der Waals surface area contributed by atoms with E-state index in [4.69, 9.17) is 5.26 Å². The van der Waals surface area contributed by atoms with Crippen LogP contribution in [0.4, 0.5) is 5.69 Å². The summed E-state index contributed by atoms with van der Waals surface area (Å²) in [6.07, 6.45) is 5.43. The average Bonchev–Trinajstić information content (AvgIpc) is 2.59. The zero-order valence-electron chi connectivity index (χ0n) is 9.83. The van der Waals surface area contributed by atoms with Crippen molar-refractivity contribution in [1.82, 2.24) is 4.98 Å². The lowest BCUT2D eigenvalue weighted by Gasteiger charge is -2.28. The van der Waals surface area contributed by atoms with Crippen LogP contribution in [0.3, 0.4) is 0 Å². The number of pyridine rings is 1. The van der Waals surface area contributed by atoms with Gasteiger partial charge in [0.2, 0.25) is 0 Å². The highest BCUT2D eigenvalue weighted by Crippen LogP contribution is 2.38. The molecular weight excluding hydrogens is 198 g/mol. The van der Waals surface area contributed by atoms with Gasteiger partial charge < -0.3 is 5.32 Å². The molecule has 1 fully saturated rings. The van der Waals surface area contributed by atoms with Gasteiger partial charge in [-0.3, -0.25) is 0 Å². The van der Waals surface area contributed by atoms with Gasteiger partial charge in [-0.15, -0.1) is 0 Å². The lowest BCUT2D eigenvalue weighted by atomic mass is 9.87. The van der Waals surface area contributed by atoms with E-state index in [1.54, 1.807) is 6.20 Å². The summed E-state index contributed by atoms with van der Waals surface area (Å²) in [7, 11) is 0. The first-order valence-electron chi connectivity index (χ1n) is 5.74. The van der Waals surface area contributed by atoms with Crippen LogP contribution in [0.2, 0.25) is 0 Å². The SMILES string of the molecule is CC1(C)CCCC1Nc1ccnc(C#N)c1. The molecule has 0 radical (unpaired) electrons. The number of hydrogen-bond acceptors (Lipinski definition) is 3. The van der Waals surface area contributed by atoms with E-state index in [-0.39, 0.29) is 0 Å². The minimum atomic E-state index is 0.343. The van der Waals surface area contributed by atoms with Crippen LogP contribution in [0.5, 0.6) is 0 Å². The molecule has 1 aromatic heterocycles. The van der Waals surface area contributed by atoms with Crippen LogP contribution in [0.1, 0.15) is 38.8 Å². The molecule has 2 rings (SSSR count). The Balaban J connectivity index is 2.12. The summed E-state index contributed by atoms with van der Waals surface area (Å²) in [5.41, 5.74) is 1.82. The topological polar surface area (TPSA) is 48.7 Å². The molecule has 3 nitrogen and oxygen atoms in total. The molecule has 1 aliphatic rings. The summed E-state index contributed by atoms with van der Waals surface area (Å²) in [6.45, 7) is 4.59. The number of nitriles is 1. The molecule has 1 unspecified atom stereocenters. The van der Waals surface area contributed by atoms with Crippen molar-refractivity contribution in [3.8, 4) is 6.07 Å². The predicted molar refractivity (Wildman–Crippen MR) is 64.0 cm³/mol. The minimum absolute atomic E-state index is 0.343. The third-order valence-electron chi connectivity index (χ3n) is 3.47. The highest BCUT2D eigenvalue weighted by atomic mass is 14.9. The standard InChI is InChI=1S/C13H17N3/c1-13(2)6-3-4-12(13)16-10-5-7-15-11(8-10)9-14/h5,7-8,12H,3-4,6H2,1-2H3,(H,15,16). The normalized spacial score (nSPS) is 22.7. The minimum Gasteiger partial charge on any atom is -0.382 e. The third-order valence-corrected chi connectivity index (χ3v) is 3.47. The van der Waals surface area contributed by atoms with Crippen LogP contribution in [0.15, 0.2) is 18.3 Å². The molecule has 1 N–H and O–H groups in total. The van der Waals surface area contributed by atoms with E-state index in [2.05, 4.69) is 30.2 Å². The van der Waals surface area contributed by atoms with Gasteiger partial charge in [0.25, 0.3) is 0 Å². The monoisotopic (exact) mass is 215 g/mol. The Labute approximate surface area is 96.5 Å². The summed E-state index contributed by atoms with van der Waals surface area (Å²) >= 11 is 0. The average molecular weight is 215 g/mol. The smallest absolute Gasteiger partial charge is 0.142 e. The fourth-order valence-corrected chi connectivity index (χ4v) is 2.38. The molecule has 0 spiro atoms. The highest BCUT2D eigenvalue weighted by Gasteiger charge is 2.34. The highest BCUT2D eigenvalue weighted by molar-refractivity contribution is 5.47. The molecule has 1 heterocycles. The van der Waals surface area contributed by atoms with Gasteiger partial charge in [-0.2, -0.15) is 5.26 Å². The largest absolute Gasteiger partial charge is 0.382 e. The molecule has 0 aromatic carbocycles. The lowest BCUT2D eigenvalue weighted by molar-refractivity contribution is 0.350. The van der Waals surface area contributed by atoms with Gasteiger partial charge in [-0.25, -0.2) is 4.98 Å². The molecule has 0 bridgehead atoms. The van der Waals surface area contributed by atoms with E-state index in [1.807, 2.05) is 12.1 Å². The van der Waals surface area contributed by atoms with E-state index in [0.717, 1.165) is 5.69 Å². The molecule has 0 saturated heterocycles. The summed E-state index contributed by atoms with van der Waals surface area (Å²) in [5, 5.41) is 12.3. The number of rotatable bonds is 2. The molecule has 1 saturated carbocycles. The van der Waals surface area contributed by atoms with Crippen molar-refractivity contribution in [2.45, 2.75) is 39.2 Å². The van der Waals surface area contributed by atoms with Crippen molar-refractivity contribution in [1.29, 1.82) is 5.26 Å². The van der Waals surface area contributed by atoms with E-state index < -0.39 is 0 Å².